The highest BCUT2D eigenvalue weighted by Gasteiger charge is 2.34. The molecule has 0 bridgehead atoms. The first-order valence-electron chi connectivity index (χ1n) is 10.5. The maximum Gasteiger partial charge on any atom is 0.414 e. The lowest BCUT2D eigenvalue weighted by Crippen LogP contribution is -2.47. The molecule has 3 heterocycles. The zero-order chi connectivity index (χ0) is 22.0. The molecule has 4 rings (SSSR count). The van der Waals surface area contributed by atoms with E-state index in [1.54, 1.807) is 12.1 Å². The minimum Gasteiger partial charge on any atom is -0.442 e. The Labute approximate surface area is 178 Å². The number of ether oxygens (including phenoxy) is 1. The SMILES string of the molecule is O=C(NC[C@H]1CN(c2ccc(N3CCN4CCCCN4CC3)c(F)c2)C(=O)O1)C(F)F. The van der Waals surface area contributed by atoms with Crippen molar-refractivity contribution in [3.05, 3.63) is 24.0 Å². The number of hydrazine groups is 1. The van der Waals surface area contributed by atoms with Crippen LogP contribution >= 0.6 is 0 Å². The Bertz CT molecular complexity index is 811. The highest BCUT2D eigenvalue weighted by atomic mass is 19.3. The van der Waals surface area contributed by atoms with Gasteiger partial charge in [-0.25, -0.2) is 19.2 Å². The monoisotopic (exact) mass is 441 g/mol. The van der Waals surface area contributed by atoms with Crippen LogP contribution in [0.25, 0.3) is 0 Å². The maximum absolute atomic E-state index is 15.0. The van der Waals surface area contributed by atoms with E-state index in [4.69, 9.17) is 4.74 Å². The molecule has 1 aromatic rings. The molecule has 3 aliphatic heterocycles. The number of carbonyl (C=O) groups excluding carboxylic acids is 2. The van der Waals surface area contributed by atoms with Gasteiger partial charge in [-0.2, -0.15) is 8.78 Å². The van der Waals surface area contributed by atoms with Crippen molar-refractivity contribution in [3.63, 3.8) is 0 Å². The first-order valence-corrected chi connectivity index (χ1v) is 10.5. The Hall–Kier alpha value is -2.53. The zero-order valence-electron chi connectivity index (χ0n) is 17.1. The summed E-state index contributed by atoms with van der Waals surface area (Å²) in [4.78, 5) is 26.4. The summed E-state index contributed by atoms with van der Waals surface area (Å²) in [5.74, 6) is -1.86. The van der Waals surface area contributed by atoms with Crippen molar-refractivity contribution in [1.82, 2.24) is 15.3 Å². The van der Waals surface area contributed by atoms with Gasteiger partial charge in [0.2, 0.25) is 0 Å². The number of hydrogen-bond donors (Lipinski definition) is 1. The lowest BCUT2D eigenvalue weighted by atomic mass is 10.2. The summed E-state index contributed by atoms with van der Waals surface area (Å²) in [6.07, 6.45) is -2.26. The fourth-order valence-corrected chi connectivity index (χ4v) is 4.25. The van der Waals surface area contributed by atoms with E-state index in [2.05, 4.69) is 10.0 Å². The number of carbonyl (C=O) groups is 2. The number of anilines is 2. The molecule has 1 N–H and O–H groups in total. The third-order valence-electron chi connectivity index (χ3n) is 5.90. The van der Waals surface area contributed by atoms with Crippen molar-refractivity contribution in [3.8, 4) is 0 Å². The maximum atomic E-state index is 15.0. The molecule has 0 radical (unpaired) electrons. The summed E-state index contributed by atoms with van der Waals surface area (Å²) in [6.45, 7) is 4.98. The minimum absolute atomic E-state index is 0.0365. The van der Waals surface area contributed by atoms with Gasteiger partial charge < -0.3 is 15.0 Å². The Balaban J connectivity index is 1.39. The molecule has 0 aliphatic carbocycles. The average Bonchev–Trinajstić information content (AvgIpc) is 2.99. The van der Waals surface area contributed by atoms with Crippen LogP contribution in [0.2, 0.25) is 0 Å². The normalized spacial score (nSPS) is 23.0. The summed E-state index contributed by atoms with van der Waals surface area (Å²) in [7, 11) is 0. The van der Waals surface area contributed by atoms with Gasteiger partial charge in [-0.05, 0) is 31.0 Å². The van der Waals surface area contributed by atoms with Crippen LogP contribution in [0.4, 0.5) is 29.3 Å². The van der Waals surface area contributed by atoms with E-state index in [0.29, 0.717) is 24.5 Å². The summed E-state index contributed by atoms with van der Waals surface area (Å²) < 4.78 is 44.6. The van der Waals surface area contributed by atoms with Gasteiger partial charge in [0.1, 0.15) is 11.9 Å². The van der Waals surface area contributed by atoms with E-state index in [9.17, 15) is 22.8 Å². The van der Waals surface area contributed by atoms with Crippen molar-refractivity contribution in [2.24, 2.45) is 0 Å². The molecule has 0 saturated carbocycles. The summed E-state index contributed by atoms with van der Waals surface area (Å²) in [6, 6.07) is 4.59. The van der Waals surface area contributed by atoms with Crippen LogP contribution in [0.3, 0.4) is 0 Å². The highest BCUT2D eigenvalue weighted by Crippen LogP contribution is 2.29. The second-order valence-corrected chi connectivity index (χ2v) is 7.90. The molecule has 0 aromatic heterocycles. The molecule has 11 heteroatoms. The number of nitrogens with zero attached hydrogens (tertiary/aromatic N) is 4. The molecule has 1 aromatic carbocycles. The standard InChI is InChI=1S/C20H26F3N5O3/c21-16-11-14(28-13-15(31-20(28)30)12-24-19(29)18(22)23)3-4-17(16)25-7-9-26-5-1-2-6-27(26)10-8-25/h3-4,11,15,18H,1-2,5-10,12-13H2,(H,24,29)/t15-/m0/s1. The predicted octanol–water partition coefficient (Wildman–Crippen LogP) is 1.66. The van der Waals surface area contributed by atoms with Gasteiger partial charge in [0.15, 0.2) is 0 Å². The van der Waals surface area contributed by atoms with Crippen LogP contribution in [-0.2, 0) is 9.53 Å². The van der Waals surface area contributed by atoms with Crippen LogP contribution in [0.1, 0.15) is 12.8 Å². The lowest BCUT2D eigenvalue weighted by molar-refractivity contribution is -0.132. The molecular formula is C20H26F3N5O3. The number of alkyl halides is 2. The molecule has 3 aliphatic rings. The molecule has 3 saturated heterocycles. The van der Waals surface area contributed by atoms with Gasteiger partial charge in [0, 0.05) is 39.3 Å². The Morgan fingerprint density at radius 2 is 1.77 bits per heavy atom. The molecule has 170 valence electrons. The van der Waals surface area contributed by atoms with Crippen molar-refractivity contribution >= 4 is 23.4 Å². The van der Waals surface area contributed by atoms with Crippen LogP contribution in [0, 0.1) is 5.82 Å². The van der Waals surface area contributed by atoms with Crippen LogP contribution in [0.5, 0.6) is 0 Å². The fraction of sp³-hybridized carbons (Fsp3) is 0.600. The van der Waals surface area contributed by atoms with Gasteiger partial charge >= 0.3 is 12.5 Å². The third-order valence-corrected chi connectivity index (χ3v) is 5.90. The van der Waals surface area contributed by atoms with E-state index < -0.39 is 30.3 Å². The summed E-state index contributed by atoms with van der Waals surface area (Å²) in [5.41, 5.74) is 0.808. The van der Waals surface area contributed by atoms with Crippen LogP contribution in [-0.4, -0.2) is 86.9 Å². The van der Waals surface area contributed by atoms with Crippen molar-refractivity contribution in [2.45, 2.75) is 25.4 Å². The number of benzene rings is 1. The van der Waals surface area contributed by atoms with Crippen molar-refractivity contribution in [2.75, 3.05) is 62.2 Å². The average molecular weight is 441 g/mol. The van der Waals surface area contributed by atoms with Gasteiger partial charge in [-0.15, -0.1) is 0 Å². The Morgan fingerprint density at radius 1 is 1.10 bits per heavy atom. The van der Waals surface area contributed by atoms with E-state index in [-0.39, 0.29) is 13.1 Å². The van der Waals surface area contributed by atoms with E-state index in [1.807, 2.05) is 10.2 Å². The molecule has 31 heavy (non-hydrogen) atoms. The molecule has 0 unspecified atom stereocenters. The van der Waals surface area contributed by atoms with Gasteiger partial charge in [0.25, 0.3) is 5.91 Å². The number of fused-ring (bicyclic) bond motifs is 1. The molecule has 2 amide bonds. The van der Waals surface area contributed by atoms with Crippen LogP contribution in [0.15, 0.2) is 18.2 Å². The molecule has 3 fully saturated rings. The molecule has 1 atom stereocenters. The predicted molar refractivity (Wildman–Crippen MR) is 108 cm³/mol. The van der Waals surface area contributed by atoms with Gasteiger partial charge in [0.05, 0.1) is 24.5 Å². The fourth-order valence-electron chi connectivity index (χ4n) is 4.25. The number of hydrogen-bond acceptors (Lipinski definition) is 6. The van der Waals surface area contributed by atoms with E-state index in [0.717, 1.165) is 26.2 Å². The zero-order valence-corrected chi connectivity index (χ0v) is 17.1. The summed E-state index contributed by atoms with van der Waals surface area (Å²) >= 11 is 0. The number of rotatable bonds is 5. The van der Waals surface area contributed by atoms with Gasteiger partial charge in [-0.3, -0.25) is 9.69 Å². The number of amides is 2. The number of nitrogens with one attached hydrogen (secondary N) is 1. The topological polar surface area (TPSA) is 68.4 Å². The second kappa shape index (κ2) is 9.31. The highest BCUT2D eigenvalue weighted by molar-refractivity contribution is 5.90. The lowest BCUT2D eigenvalue weighted by Gasteiger charge is -2.36. The van der Waals surface area contributed by atoms with Crippen molar-refractivity contribution < 1.29 is 27.5 Å². The number of cyclic esters (lactones) is 1. The molecule has 0 spiro atoms. The second-order valence-electron chi connectivity index (χ2n) is 7.90. The van der Waals surface area contributed by atoms with Crippen molar-refractivity contribution in [1.29, 1.82) is 0 Å². The van der Waals surface area contributed by atoms with Crippen LogP contribution < -0.4 is 15.1 Å². The Morgan fingerprint density at radius 3 is 2.39 bits per heavy atom. The Kier molecular flexibility index (Phi) is 6.51. The smallest absolute Gasteiger partial charge is 0.414 e. The first-order chi connectivity index (χ1) is 14.9. The third kappa shape index (κ3) is 4.87. The summed E-state index contributed by atoms with van der Waals surface area (Å²) in [5, 5.41) is 6.70. The number of halogens is 3. The quantitative estimate of drug-likeness (QED) is 0.750. The molecular weight excluding hydrogens is 415 g/mol. The first kappa shape index (κ1) is 21.7. The van der Waals surface area contributed by atoms with E-state index >= 15 is 0 Å². The van der Waals surface area contributed by atoms with E-state index in [1.165, 1.54) is 23.8 Å². The molecule has 8 nitrogen and oxygen atoms in total. The minimum atomic E-state index is -3.13. The largest absolute Gasteiger partial charge is 0.442 e. The van der Waals surface area contributed by atoms with Gasteiger partial charge in [-0.1, -0.05) is 0 Å².